The van der Waals surface area contributed by atoms with Gasteiger partial charge in [-0.15, -0.1) is 0 Å². The Labute approximate surface area is 132 Å². The molecule has 1 unspecified atom stereocenters. The molecule has 0 heterocycles. The van der Waals surface area contributed by atoms with Gasteiger partial charge >= 0.3 is 0 Å². The topological polar surface area (TPSA) is 26.0 Å². The molecule has 1 nitrogen and oxygen atoms in total. The van der Waals surface area contributed by atoms with Gasteiger partial charge in [-0.1, -0.05) is 36.8 Å². The van der Waals surface area contributed by atoms with E-state index in [0.29, 0.717) is 5.92 Å². The van der Waals surface area contributed by atoms with Gasteiger partial charge in [0.15, 0.2) is 0 Å². The number of nitrogens with two attached hydrogens (primary N) is 1. The highest BCUT2D eigenvalue weighted by atomic mass is 127. The fourth-order valence-electron chi connectivity index (χ4n) is 2.81. The highest BCUT2D eigenvalue weighted by molar-refractivity contribution is 14.1. The third-order valence-corrected chi connectivity index (χ3v) is 5.11. The van der Waals surface area contributed by atoms with Crippen LogP contribution in [-0.4, -0.2) is 0 Å². The van der Waals surface area contributed by atoms with Crippen molar-refractivity contribution in [1.82, 2.24) is 0 Å². The Kier molecular flexibility index (Phi) is 4.08. The third kappa shape index (κ3) is 2.61. The van der Waals surface area contributed by atoms with Gasteiger partial charge < -0.3 is 5.73 Å². The Balaban J connectivity index is 1.99. The SMILES string of the molecule is NC(c1ccc(F)cc1I)c1ccccc1C1CCC1. The molecule has 3 heteroatoms. The molecular weight excluding hydrogens is 364 g/mol. The summed E-state index contributed by atoms with van der Waals surface area (Å²) in [5.41, 5.74) is 10.0. The third-order valence-electron chi connectivity index (χ3n) is 4.17. The lowest BCUT2D eigenvalue weighted by Crippen LogP contribution is -2.19. The second-order valence-corrected chi connectivity index (χ2v) is 6.56. The van der Waals surface area contributed by atoms with Crippen LogP contribution in [0, 0.1) is 9.39 Å². The molecule has 1 aliphatic rings. The van der Waals surface area contributed by atoms with E-state index in [4.69, 9.17) is 5.73 Å². The lowest BCUT2D eigenvalue weighted by molar-refractivity contribution is 0.416. The van der Waals surface area contributed by atoms with E-state index < -0.39 is 0 Å². The maximum atomic E-state index is 13.2. The molecule has 0 radical (unpaired) electrons. The fourth-order valence-corrected chi connectivity index (χ4v) is 3.62. The average Bonchev–Trinajstić information content (AvgIpc) is 2.37. The molecule has 0 aromatic heterocycles. The molecule has 1 fully saturated rings. The Morgan fingerprint density at radius 1 is 1.10 bits per heavy atom. The molecule has 2 aromatic carbocycles. The first-order valence-corrected chi connectivity index (χ1v) is 8.04. The molecule has 104 valence electrons. The molecule has 1 atom stereocenters. The van der Waals surface area contributed by atoms with Crippen LogP contribution < -0.4 is 5.73 Å². The van der Waals surface area contributed by atoms with Crippen molar-refractivity contribution in [2.24, 2.45) is 5.73 Å². The van der Waals surface area contributed by atoms with Crippen molar-refractivity contribution in [2.45, 2.75) is 31.2 Å². The molecule has 3 rings (SSSR count). The van der Waals surface area contributed by atoms with E-state index in [2.05, 4.69) is 40.8 Å². The second-order valence-electron chi connectivity index (χ2n) is 5.40. The summed E-state index contributed by atoms with van der Waals surface area (Å²) in [7, 11) is 0. The van der Waals surface area contributed by atoms with Gasteiger partial charge in [0, 0.05) is 3.57 Å². The van der Waals surface area contributed by atoms with Gasteiger partial charge in [0.05, 0.1) is 6.04 Å². The maximum absolute atomic E-state index is 13.2. The molecule has 2 aromatic rings. The molecule has 0 spiro atoms. The van der Waals surface area contributed by atoms with Crippen molar-refractivity contribution in [3.05, 3.63) is 68.5 Å². The van der Waals surface area contributed by atoms with Gasteiger partial charge in [0.1, 0.15) is 5.82 Å². The lowest BCUT2D eigenvalue weighted by Gasteiger charge is -2.29. The Morgan fingerprint density at radius 3 is 2.50 bits per heavy atom. The first-order valence-electron chi connectivity index (χ1n) is 6.96. The average molecular weight is 381 g/mol. The lowest BCUT2D eigenvalue weighted by atomic mass is 9.76. The van der Waals surface area contributed by atoms with Crippen LogP contribution in [0.15, 0.2) is 42.5 Å². The predicted octanol–water partition coefficient (Wildman–Crippen LogP) is 4.75. The van der Waals surface area contributed by atoms with Crippen molar-refractivity contribution >= 4 is 22.6 Å². The van der Waals surface area contributed by atoms with E-state index in [-0.39, 0.29) is 11.9 Å². The first kappa shape index (κ1) is 14.0. The molecule has 1 saturated carbocycles. The summed E-state index contributed by atoms with van der Waals surface area (Å²) in [4.78, 5) is 0. The Morgan fingerprint density at radius 2 is 1.85 bits per heavy atom. The minimum atomic E-state index is -0.211. The maximum Gasteiger partial charge on any atom is 0.124 e. The molecule has 2 N–H and O–H groups in total. The Bertz CT molecular complexity index is 622. The summed E-state index contributed by atoms with van der Waals surface area (Å²) in [5.74, 6) is 0.438. The molecular formula is C17H17FIN. The van der Waals surface area contributed by atoms with Crippen LogP contribution in [0.4, 0.5) is 4.39 Å². The van der Waals surface area contributed by atoms with E-state index >= 15 is 0 Å². The molecule has 0 bridgehead atoms. The van der Waals surface area contributed by atoms with Crippen LogP contribution >= 0.6 is 22.6 Å². The van der Waals surface area contributed by atoms with E-state index in [1.54, 1.807) is 12.1 Å². The first-order chi connectivity index (χ1) is 9.66. The number of hydrogen-bond donors (Lipinski definition) is 1. The van der Waals surface area contributed by atoms with Gasteiger partial charge in [-0.3, -0.25) is 0 Å². The normalized spacial score (nSPS) is 16.8. The predicted molar refractivity (Wildman–Crippen MR) is 88.2 cm³/mol. The van der Waals surface area contributed by atoms with Crippen molar-refractivity contribution < 1.29 is 4.39 Å². The quantitative estimate of drug-likeness (QED) is 0.764. The highest BCUT2D eigenvalue weighted by Crippen LogP contribution is 2.40. The zero-order chi connectivity index (χ0) is 14.1. The summed E-state index contributed by atoms with van der Waals surface area (Å²) in [5, 5.41) is 0. The van der Waals surface area contributed by atoms with Crippen molar-refractivity contribution in [2.75, 3.05) is 0 Å². The summed E-state index contributed by atoms with van der Waals surface area (Å²) in [6.45, 7) is 0. The molecule has 0 saturated heterocycles. The minimum absolute atomic E-state index is 0.181. The smallest absolute Gasteiger partial charge is 0.124 e. The second kappa shape index (κ2) is 5.82. The number of halogens is 2. The minimum Gasteiger partial charge on any atom is -0.320 e. The van der Waals surface area contributed by atoms with E-state index in [1.165, 1.54) is 36.5 Å². The van der Waals surface area contributed by atoms with Crippen molar-refractivity contribution in [3.8, 4) is 0 Å². The summed E-state index contributed by atoms with van der Waals surface area (Å²) in [6, 6.07) is 13.1. The molecule has 0 amide bonds. The van der Waals surface area contributed by atoms with Gasteiger partial charge in [-0.25, -0.2) is 4.39 Å². The van der Waals surface area contributed by atoms with E-state index in [0.717, 1.165) is 9.13 Å². The van der Waals surface area contributed by atoms with Crippen molar-refractivity contribution in [1.29, 1.82) is 0 Å². The summed E-state index contributed by atoms with van der Waals surface area (Å²) < 4.78 is 14.1. The van der Waals surface area contributed by atoms with Crippen LogP contribution in [-0.2, 0) is 0 Å². The highest BCUT2D eigenvalue weighted by Gasteiger charge is 2.24. The van der Waals surface area contributed by atoms with Crippen molar-refractivity contribution in [3.63, 3.8) is 0 Å². The molecule has 20 heavy (non-hydrogen) atoms. The zero-order valence-electron chi connectivity index (χ0n) is 11.2. The van der Waals surface area contributed by atoms with Crippen LogP contribution in [0.5, 0.6) is 0 Å². The number of benzene rings is 2. The zero-order valence-corrected chi connectivity index (χ0v) is 13.3. The standard InChI is InChI=1S/C17H17FIN/c18-12-8-9-15(16(19)10-12)17(20)14-7-2-1-6-13(14)11-4-3-5-11/h1-2,6-11,17H,3-5,20H2. The van der Waals surface area contributed by atoms with Crippen LogP contribution in [0.1, 0.15) is 47.9 Å². The Hall–Kier alpha value is -0.940. The molecule has 0 aliphatic heterocycles. The van der Waals surface area contributed by atoms with E-state index in [1.807, 2.05) is 6.07 Å². The van der Waals surface area contributed by atoms with Gasteiger partial charge in [0.2, 0.25) is 0 Å². The van der Waals surface area contributed by atoms with Crippen LogP contribution in [0.25, 0.3) is 0 Å². The van der Waals surface area contributed by atoms with Gasteiger partial charge in [-0.2, -0.15) is 0 Å². The van der Waals surface area contributed by atoms with E-state index in [9.17, 15) is 4.39 Å². The molecule has 1 aliphatic carbocycles. The monoisotopic (exact) mass is 381 g/mol. The van der Waals surface area contributed by atoms with Crippen LogP contribution in [0.2, 0.25) is 0 Å². The summed E-state index contributed by atoms with van der Waals surface area (Å²) >= 11 is 2.16. The van der Waals surface area contributed by atoms with Gasteiger partial charge in [-0.05, 0) is 70.2 Å². The largest absolute Gasteiger partial charge is 0.320 e. The van der Waals surface area contributed by atoms with Crippen LogP contribution in [0.3, 0.4) is 0 Å². The van der Waals surface area contributed by atoms with Gasteiger partial charge in [0.25, 0.3) is 0 Å². The number of rotatable bonds is 3. The summed E-state index contributed by atoms with van der Waals surface area (Å²) in [6.07, 6.45) is 3.82. The number of hydrogen-bond acceptors (Lipinski definition) is 1. The fraction of sp³-hybridized carbons (Fsp3) is 0.294.